The first-order valence-electron chi connectivity index (χ1n) is 10.5. The quantitative estimate of drug-likeness (QED) is 0.573. The standard InChI is InChI=1S/C26H29NO4/c1-28-23-10-9-19(14-26(23)31-17-18-7-5-4-6-8-18)13-22-21-16-25(30-3)24(29-2)15-20(21)11-12-27-22/h4-10,14-16,22,27H,11-13,17H2,1-3H3. The molecule has 5 heteroatoms. The van der Waals surface area contributed by atoms with Crippen molar-refractivity contribution in [2.24, 2.45) is 0 Å². The molecule has 0 fully saturated rings. The van der Waals surface area contributed by atoms with Gasteiger partial charge in [0.15, 0.2) is 23.0 Å². The molecule has 3 aromatic carbocycles. The van der Waals surface area contributed by atoms with Crippen LogP contribution in [0.1, 0.15) is 28.3 Å². The summed E-state index contributed by atoms with van der Waals surface area (Å²) in [7, 11) is 5.02. The van der Waals surface area contributed by atoms with Crippen LogP contribution in [0, 0.1) is 0 Å². The van der Waals surface area contributed by atoms with Gasteiger partial charge in [0.25, 0.3) is 0 Å². The summed E-state index contributed by atoms with van der Waals surface area (Å²) in [6.07, 6.45) is 1.81. The van der Waals surface area contributed by atoms with Gasteiger partial charge >= 0.3 is 0 Å². The van der Waals surface area contributed by atoms with Crippen molar-refractivity contribution < 1.29 is 18.9 Å². The van der Waals surface area contributed by atoms with E-state index in [4.69, 9.17) is 18.9 Å². The summed E-state index contributed by atoms with van der Waals surface area (Å²) in [5.74, 6) is 3.04. The Balaban J connectivity index is 1.56. The Morgan fingerprint density at radius 3 is 2.26 bits per heavy atom. The molecule has 1 heterocycles. The number of ether oxygens (including phenoxy) is 4. The van der Waals surface area contributed by atoms with Gasteiger partial charge in [-0.1, -0.05) is 36.4 Å². The van der Waals surface area contributed by atoms with Gasteiger partial charge in [0.1, 0.15) is 6.61 Å². The Kier molecular flexibility index (Phi) is 6.63. The zero-order chi connectivity index (χ0) is 21.6. The van der Waals surface area contributed by atoms with Crippen LogP contribution in [-0.2, 0) is 19.4 Å². The number of methoxy groups -OCH3 is 3. The van der Waals surface area contributed by atoms with Crippen molar-refractivity contribution in [3.05, 3.63) is 82.9 Å². The molecule has 0 saturated carbocycles. The Morgan fingerprint density at radius 2 is 1.52 bits per heavy atom. The van der Waals surface area contributed by atoms with E-state index in [-0.39, 0.29) is 6.04 Å². The summed E-state index contributed by atoms with van der Waals surface area (Å²) >= 11 is 0. The lowest BCUT2D eigenvalue weighted by molar-refractivity contribution is 0.284. The molecule has 0 spiro atoms. The second-order valence-electron chi connectivity index (χ2n) is 7.63. The Morgan fingerprint density at radius 1 is 0.774 bits per heavy atom. The number of benzene rings is 3. The molecule has 3 aromatic rings. The van der Waals surface area contributed by atoms with Crippen LogP contribution in [0.15, 0.2) is 60.7 Å². The summed E-state index contributed by atoms with van der Waals surface area (Å²) < 4.78 is 22.6. The molecule has 1 aliphatic heterocycles. The van der Waals surface area contributed by atoms with Crippen LogP contribution < -0.4 is 24.3 Å². The van der Waals surface area contributed by atoms with Crippen molar-refractivity contribution in [1.82, 2.24) is 5.32 Å². The monoisotopic (exact) mass is 419 g/mol. The highest BCUT2D eigenvalue weighted by atomic mass is 16.5. The van der Waals surface area contributed by atoms with Crippen molar-refractivity contribution >= 4 is 0 Å². The zero-order valence-electron chi connectivity index (χ0n) is 18.3. The van der Waals surface area contributed by atoms with E-state index < -0.39 is 0 Å². The van der Waals surface area contributed by atoms with Crippen molar-refractivity contribution in [2.75, 3.05) is 27.9 Å². The van der Waals surface area contributed by atoms with E-state index in [0.717, 1.165) is 47.9 Å². The number of hydrogen-bond donors (Lipinski definition) is 1. The first kappa shape index (κ1) is 21.1. The van der Waals surface area contributed by atoms with Gasteiger partial charge in [-0.2, -0.15) is 0 Å². The van der Waals surface area contributed by atoms with Crippen LogP contribution in [0.3, 0.4) is 0 Å². The van der Waals surface area contributed by atoms with Crippen LogP contribution >= 0.6 is 0 Å². The predicted molar refractivity (Wildman–Crippen MR) is 121 cm³/mol. The lowest BCUT2D eigenvalue weighted by Gasteiger charge is -2.28. The van der Waals surface area contributed by atoms with Gasteiger partial charge in [-0.15, -0.1) is 0 Å². The van der Waals surface area contributed by atoms with E-state index in [1.54, 1.807) is 21.3 Å². The molecular weight excluding hydrogens is 390 g/mol. The minimum atomic E-state index is 0.193. The topological polar surface area (TPSA) is 49.0 Å². The average Bonchev–Trinajstić information content (AvgIpc) is 2.82. The van der Waals surface area contributed by atoms with Crippen LogP contribution in [0.25, 0.3) is 0 Å². The van der Waals surface area contributed by atoms with Crippen LogP contribution in [0.4, 0.5) is 0 Å². The third-order valence-corrected chi connectivity index (χ3v) is 5.71. The number of hydrogen-bond acceptors (Lipinski definition) is 5. The van der Waals surface area contributed by atoms with E-state index in [1.165, 1.54) is 16.7 Å². The molecule has 0 aliphatic carbocycles. The van der Waals surface area contributed by atoms with Gasteiger partial charge in [-0.3, -0.25) is 0 Å². The minimum absolute atomic E-state index is 0.193. The smallest absolute Gasteiger partial charge is 0.161 e. The van der Waals surface area contributed by atoms with Crippen LogP contribution in [0.5, 0.6) is 23.0 Å². The lowest BCUT2D eigenvalue weighted by atomic mass is 9.89. The SMILES string of the molecule is COc1cc2c(cc1OC)C(Cc1ccc(OC)c(OCc3ccccc3)c1)NCC2. The molecule has 1 N–H and O–H groups in total. The van der Waals surface area contributed by atoms with Gasteiger partial charge in [0.05, 0.1) is 21.3 Å². The molecule has 0 amide bonds. The molecule has 31 heavy (non-hydrogen) atoms. The molecule has 1 atom stereocenters. The fraction of sp³-hybridized carbons (Fsp3) is 0.308. The zero-order valence-corrected chi connectivity index (χ0v) is 18.3. The maximum Gasteiger partial charge on any atom is 0.161 e. The van der Waals surface area contributed by atoms with E-state index >= 15 is 0 Å². The molecule has 0 bridgehead atoms. The number of nitrogens with one attached hydrogen (secondary N) is 1. The van der Waals surface area contributed by atoms with Gasteiger partial charge in [-0.25, -0.2) is 0 Å². The Hall–Kier alpha value is -3.18. The van der Waals surface area contributed by atoms with Crippen molar-refractivity contribution in [2.45, 2.75) is 25.5 Å². The third-order valence-electron chi connectivity index (χ3n) is 5.71. The van der Waals surface area contributed by atoms with Gasteiger partial charge in [0.2, 0.25) is 0 Å². The Bertz CT molecular complexity index is 1020. The highest BCUT2D eigenvalue weighted by Crippen LogP contribution is 2.37. The summed E-state index contributed by atoms with van der Waals surface area (Å²) in [4.78, 5) is 0. The van der Waals surface area contributed by atoms with Crippen LogP contribution in [-0.4, -0.2) is 27.9 Å². The summed E-state index contributed by atoms with van der Waals surface area (Å²) in [6.45, 7) is 1.43. The van der Waals surface area contributed by atoms with E-state index in [0.29, 0.717) is 6.61 Å². The second-order valence-corrected chi connectivity index (χ2v) is 7.63. The molecule has 5 nitrogen and oxygen atoms in total. The first-order chi connectivity index (χ1) is 15.2. The maximum atomic E-state index is 6.10. The van der Waals surface area contributed by atoms with Crippen molar-refractivity contribution in [3.63, 3.8) is 0 Å². The number of fused-ring (bicyclic) bond motifs is 1. The molecule has 1 unspecified atom stereocenters. The third kappa shape index (κ3) is 4.78. The lowest BCUT2D eigenvalue weighted by Crippen LogP contribution is -2.31. The minimum Gasteiger partial charge on any atom is -0.493 e. The van der Waals surface area contributed by atoms with E-state index in [2.05, 4.69) is 41.7 Å². The van der Waals surface area contributed by atoms with Crippen molar-refractivity contribution in [1.29, 1.82) is 0 Å². The molecule has 0 radical (unpaired) electrons. The van der Waals surface area contributed by atoms with Gasteiger partial charge < -0.3 is 24.3 Å². The maximum absolute atomic E-state index is 6.10. The highest BCUT2D eigenvalue weighted by molar-refractivity contribution is 5.50. The van der Waals surface area contributed by atoms with Crippen molar-refractivity contribution in [3.8, 4) is 23.0 Å². The molecule has 0 saturated heterocycles. The van der Waals surface area contributed by atoms with E-state index in [1.807, 2.05) is 24.3 Å². The highest BCUT2D eigenvalue weighted by Gasteiger charge is 2.23. The normalized spacial score (nSPS) is 15.1. The molecule has 1 aliphatic rings. The molecular formula is C26H29NO4. The van der Waals surface area contributed by atoms with Crippen LogP contribution in [0.2, 0.25) is 0 Å². The summed E-state index contributed by atoms with van der Waals surface area (Å²) in [6, 6.07) is 20.7. The number of rotatable bonds is 8. The second kappa shape index (κ2) is 9.75. The first-order valence-corrected chi connectivity index (χ1v) is 10.5. The molecule has 162 valence electrons. The average molecular weight is 420 g/mol. The fourth-order valence-electron chi connectivity index (χ4n) is 4.08. The predicted octanol–water partition coefficient (Wildman–Crippen LogP) is 4.72. The largest absolute Gasteiger partial charge is 0.493 e. The van der Waals surface area contributed by atoms with Gasteiger partial charge in [-0.05, 0) is 65.9 Å². The summed E-state index contributed by atoms with van der Waals surface area (Å²) in [5, 5.41) is 3.65. The fourth-order valence-corrected chi connectivity index (χ4v) is 4.08. The summed E-state index contributed by atoms with van der Waals surface area (Å²) in [5.41, 5.74) is 4.87. The van der Waals surface area contributed by atoms with E-state index in [9.17, 15) is 0 Å². The van der Waals surface area contributed by atoms with Gasteiger partial charge in [0, 0.05) is 6.04 Å². The Labute approximate surface area is 183 Å². The molecule has 0 aromatic heterocycles. The molecule has 4 rings (SSSR count).